The van der Waals surface area contributed by atoms with Crippen LogP contribution in [0, 0.1) is 5.41 Å². The van der Waals surface area contributed by atoms with Gasteiger partial charge < -0.3 is 4.74 Å². The Labute approximate surface area is 98.6 Å². The molecule has 3 nitrogen and oxygen atoms in total. The number of carbonyl (C=O) groups is 2. The van der Waals surface area contributed by atoms with E-state index in [0.29, 0.717) is 6.42 Å². The molecule has 0 aliphatic rings. The van der Waals surface area contributed by atoms with E-state index in [1.165, 1.54) is 0 Å². The van der Waals surface area contributed by atoms with Crippen LogP contribution in [0.4, 0.5) is 0 Å². The zero-order valence-corrected chi connectivity index (χ0v) is 11.3. The van der Waals surface area contributed by atoms with Gasteiger partial charge in [0, 0.05) is 6.42 Å². The highest BCUT2D eigenvalue weighted by atomic mass is 16.5. The number of rotatable bonds is 5. The van der Waals surface area contributed by atoms with Gasteiger partial charge in [0.05, 0.1) is 12.0 Å². The molecule has 94 valence electrons. The quantitative estimate of drug-likeness (QED) is 0.679. The molecular formula is C13H24O3. The molecule has 0 spiro atoms. The van der Waals surface area contributed by atoms with Gasteiger partial charge in [0.1, 0.15) is 12.4 Å². The molecule has 0 aromatic carbocycles. The molecule has 0 saturated heterocycles. The molecule has 0 fully saturated rings. The van der Waals surface area contributed by atoms with Gasteiger partial charge in [-0.3, -0.25) is 9.59 Å². The Balaban J connectivity index is 3.93. The summed E-state index contributed by atoms with van der Waals surface area (Å²) in [5.41, 5.74) is -0.384. The van der Waals surface area contributed by atoms with Crippen LogP contribution in [0.15, 0.2) is 0 Å². The monoisotopic (exact) mass is 228 g/mol. The molecule has 0 heterocycles. The summed E-state index contributed by atoms with van der Waals surface area (Å²) in [5, 5.41) is 0. The third-order valence-corrected chi connectivity index (χ3v) is 1.79. The van der Waals surface area contributed by atoms with E-state index in [2.05, 4.69) is 0 Å². The average molecular weight is 228 g/mol. The predicted octanol–water partition coefficient (Wildman–Crippen LogP) is 2.77. The molecule has 0 unspecified atom stereocenters. The normalized spacial score (nSPS) is 12.6. The van der Waals surface area contributed by atoms with E-state index in [0.717, 1.165) is 0 Å². The van der Waals surface area contributed by atoms with E-state index in [1.54, 1.807) is 0 Å². The Morgan fingerprint density at radius 1 is 0.938 bits per heavy atom. The van der Waals surface area contributed by atoms with Crippen molar-refractivity contribution < 1.29 is 14.3 Å². The maximum absolute atomic E-state index is 11.5. The highest BCUT2D eigenvalue weighted by Gasteiger charge is 2.19. The maximum Gasteiger partial charge on any atom is 0.165 e. The van der Waals surface area contributed by atoms with Gasteiger partial charge in [0.2, 0.25) is 0 Å². The van der Waals surface area contributed by atoms with Crippen molar-refractivity contribution in [1.29, 1.82) is 0 Å². The topological polar surface area (TPSA) is 43.4 Å². The van der Waals surface area contributed by atoms with Crippen LogP contribution in [0.2, 0.25) is 0 Å². The third kappa shape index (κ3) is 9.84. The summed E-state index contributed by atoms with van der Waals surface area (Å²) in [4.78, 5) is 23.0. The molecule has 0 aromatic rings. The zero-order chi connectivity index (χ0) is 13.0. The van der Waals surface area contributed by atoms with Crippen LogP contribution in [0.25, 0.3) is 0 Å². The standard InChI is InChI=1S/C13H24O3/c1-12(2,3)8-10(14)7-11(15)9-16-13(4,5)6/h7-9H2,1-6H3. The number of Topliss-reactive ketones (excluding diaryl/α,β-unsaturated/α-hetero) is 2. The van der Waals surface area contributed by atoms with E-state index in [1.807, 2.05) is 41.5 Å². The fourth-order valence-electron chi connectivity index (χ4n) is 1.22. The molecule has 0 bridgehead atoms. The van der Waals surface area contributed by atoms with Crippen LogP contribution in [-0.2, 0) is 14.3 Å². The van der Waals surface area contributed by atoms with Crippen LogP contribution in [0.3, 0.4) is 0 Å². The van der Waals surface area contributed by atoms with Crippen molar-refractivity contribution >= 4 is 11.6 Å². The molecule has 16 heavy (non-hydrogen) atoms. The van der Waals surface area contributed by atoms with E-state index < -0.39 is 0 Å². The lowest BCUT2D eigenvalue weighted by Crippen LogP contribution is -2.25. The van der Waals surface area contributed by atoms with Crippen LogP contribution >= 0.6 is 0 Å². The molecule has 0 aliphatic carbocycles. The molecule has 0 atom stereocenters. The third-order valence-electron chi connectivity index (χ3n) is 1.79. The second kappa shape index (κ2) is 5.58. The van der Waals surface area contributed by atoms with E-state index in [9.17, 15) is 9.59 Å². The summed E-state index contributed by atoms with van der Waals surface area (Å²) < 4.78 is 5.32. The number of hydrogen-bond donors (Lipinski definition) is 0. The summed E-state index contributed by atoms with van der Waals surface area (Å²) in [6.07, 6.45) is 0.432. The van der Waals surface area contributed by atoms with Crippen molar-refractivity contribution in [1.82, 2.24) is 0 Å². The average Bonchev–Trinajstić information content (AvgIpc) is 1.95. The zero-order valence-electron chi connectivity index (χ0n) is 11.3. The van der Waals surface area contributed by atoms with E-state index in [-0.39, 0.29) is 35.6 Å². The summed E-state index contributed by atoms with van der Waals surface area (Å²) >= 11 is 0. The van der Waals surface area contributed by atoms with Gasteiger partial charge in [-0.1, -0.05) is 20.8 Å². The number of ketones is 2. The second-order valence-corrected chi connectivity index (χ2v) is 6.39. The Bertz CT molecular complexity index is 253. The molecule has 0 radical (unpaired) electrons. The molecule has 0 rings (SSSR count). The first-order valence-corrected chi connectivity index (χ1v) is 5.67. The SMILES string of the molecule is CC(C)(C)CC(=O)CC(=O)COC(C)(C)C. The molecule has 0 N–H and O–H groups in total. The van der Waals surface area contributed by atoms with Gasteiger partial charge >= 0.3 is 0 Å². The summed E-state index contributed by atoms with van der Waals surface area (Å²) in [5.74, 6) is -0.140. The lowest BCUT2D eigenvalue weighted by atomic mass is 9.89. The van der Waals surface area contributed by atoms with Gasteiger partial charge in [-0.2, -0.15) is 0 Å². The van der Waals surface area contributed by atoms with Gasteiger partial charge in [0.25, 0.3) is 0 Å². The Hall–Kier alpha value is -0.700. The van der Waals surface area contributed by atoms with E-state index >= 15 is 0 Å². The van der Waals surface area contributed by atoms with Crippen molar-refractivity contribution in [3.63, 3.8) is 0 Å². The lowest BCUT2D eigenvalue weighted by Gasteiger charge is -2.19. The summed E-state index contributed by atoms with van der Waals surface area (Å²) in [7, 11) is 0. The minimum absolute atomic E-state index is 0.00462. The van der Waals surface area contributed by atoms with Crippen LogP contribution < -0.4 is 0 Å². The van der Waals surface area contributed by atoms with E-state index in [4.69, 9.17) is 4.74 Å². The molecule has 0 aliphatic heterocycles. The highest BCUT2D eigenvalue weighted by molar-refractivity contribution is 5.99. The largest absolute Gasteiger partial charge is 0.368 e. The Morgan fingerprint density at radius 3 is 1.81 bits per heavy atom. The number of hydrogen-bond acceptors (Lipinski definition) is 3. The fraction of sp³-hybridized carbons (Fsp3) is 0.846. The maximum atomic E-state index is 11.5. The first-order valence-electron chi connectivity index (χ1n) is 5.67. The summed E-state index contributed by atoms with van der Waals surface area (Å²) in [6, 6.07) is 0. The van der Waals surface area contributed by atoms with Crippen LogP contribution in [0.5, 0.6) is 0 Å². The Kier molecular flexibility index (Phi) is 5.33. The van der Waals surface area contributed by atoms with Crippen molar-refractivity contribution in [2.45, 2.75) is 60.0 Å². The van der Waals surface area contributed by atoms with Gasteiger partial charge in [0.15, 0.2) is 5.78 Å². The first-order chi connectivity index (χ1) is 6.99. The van der Waals surface area contributed by atoms with Crippen molar-refractivity contribution in [3.8, 4) is 0 Å². The summed E-state index contributed by atoms with van der Waals surface area (Å²) in [6.45, 7) is 11.6. The van der Waals surface area contributed by atoms with Gasteiger partial charge in [-0.05, 0) is 26.2 Å². The molecular weight excluding hydrogens is 204 g/mol. The lowest BCUT2D eigenvalue weighted by molar-refractivity contribution is -0.133. The molecule has 0 saturated carbocycles. The second-order valence-electron chi connectivity index (χ2n) is 6.39. The van der Waals surface area contributed by atoms with Crippen LogP contribution in [-0.4, -0.2) is 23.8 Å². The fourth-order valence-corrected chi connectivity index (χ4v) is 1.22. The van der Waals surface area contributed by atoms with Crippen molar-refractivity contribution in [3.05, 3.63) is 0 Å². The smallest absolute Gasteiger partial charge is 0.165 e. The minimum Gasteiger partial charge on any atom is -0.368 e. The number of carbonyl (C=O) groups excluding carboxylic acids is 2. The number of ether oxygens (including phenoxy) is 1. The van der Waals surface area contributed by atoms with Crippen LogP contribution in [0.1, 0.15) is 54.4 Å². The molecule has 0 amide bonds. The molecule has 0 aromatic heterocycles. The van der Waals surface area contributed by atoms with Crippen molar-refractivity contribution in [2.24, 2.45) is 5.41 Å². The Morgan fingerprint density at radius 2 is 1.44 bits per heavy atom. The first kappa shape index (κ1) is 15.3. The minimum atomic E-state index is -0.331. The highest BCUT2D eigenvalue weighted by Crippen LogP contribution is 2.19. The molecule has 3 heteroatoms. The predicted molar refractivity (Wildman–Crippen MR) is 64.4 cm³/mol. The van der Waals surface area contributed by atoms with Gasteiger partial charge in [-0.15, -0.1) is 0 Å². The van der Waals surface area contributed by atoms with Gasteiger partial charge in [-0.25, -0.2) is 0 Å². The van der Waals surface area contributed by atoms with Crippen molar-refractivity contribution in [2.75, 3.05) is 6.61 Å².